The van der Waals surface area contributed by atoms with Gasteiger partial charge in [0.15, 0.2) is 0 Å². The van der Waals surface area contributed by atoms with Crippen LogP contribution in [0.2, 0.25) is 0 Å². The van der Waals surface area contributed by atoms with Crippen LogP contribution in [0.3, 0.4) is 0 Å². The van der Waals surface area contributed by atoms with E-state index in [1.54, 1.807) is 0 Å². The van der Waals surface area contributed by atoms with Gasteiger partial charge in [-0.2, -0.15) is 131 Å². The second kappa shape index (κ2) is 17.5. The molecule has 0 N–H and O–H groups in total. The summed E-state index contributed by atoms with van der Waals surface area (Å²) in [6.07, 6.45) is 0. The minimum atomic E-state index is -7.81. The molecule has 0 amide bonds. The quantitative estimate of drug-likeness (QED) is 0.0556. The monoisotopic (exact) mass is 1120 g/mol. The lowest BCUT2D eigenvalue weighted by atomic mass is 9.88. The highest BCUT2D eigenvalue weighted by Gasteiger charge is 2.88. The van der Waals surface area contributed by atoms with Gasteiger partial charge in [0, 0.05) is 22.3 Å². The van der Waals surface area contributed by atoms with Crippen molar-refractivity contribution < 1.29 is 144 Å². The number of benzene rings is 4. The normalized spacial score (nSPS) is 14.8. The summed E-state index contributed by atoms with van der Waals surface area (Å²) in [6.45, 7) is 0. The molecule has 0 atom stereocenters. The van der Waals surface area contributed by atoms with Crippen molar-refractivity contribution >= 4 is 20.2 Å². The minimum Gasteiger partial charge on any atom is -0.457 e. The zero-order valence-corrected chi connectivity index (χ0v) is 34.4. The average Bonchev–Trinajstić information content (AvgIpc) is 3.22. The number of ether oxygens (including phenoxy) is 1. The molecule has 0 fully saturated rings. The third kappa shape index (κ3) is 9.49. The molecule has 71 heavy (non-hydrogen) atoms. The summed E-state index contributed by atoms with van der Waals surface area (Å²) in [4.78, 5) is 0. The first-order valence-corrected chi connectivity index (χ1v) is 20.2. The highest BCUT2D eigenvalue weighted by atomic mass is 32.2. The molecule has 0 aliphatic carbocycles. The van der Waals surface area contributed by atoms with Crippen molar-refractivity contribution in [2.45, 2.75) is 70.2 Å². The highest BCUT2D eigenvalue weighted by Crippen LogP contribution is 2.63. The van der Waals surface area contributed by atoms with Gasteiger partial charge in [-0.25, -0.2) is 0 Å². The molecule has 4 aromatic rings. The molecule has 0 unspecified atom stereocenters. The molecule has 35 heteroatoms. The van der Waals surface area contributed by atoms with E-state index in [0.29, 0.717) is 0 Å². The molecule has 0 spiro atoms. The van der Waals surface area contributed by atoms with Gasteiger partial charge in [0.1, 0.15) is 23.0 Å². The molecular formula is C36H16F26O7S2. The Morgan fingerprint density at radius 2 is 0.423 bits per heavy atom. The second-order valence-corrected chi connectivity index (χ2v) is 17.0. The smallest absolute Gasteiger partial charge is 0.457 e. The first-order valence-electron chi connectivity index (χ1n) is 17.4. The molecule has 0 aliphatic rings. The lowest BCUT2D eigenvalue weighted by molar-refractivity contribution is -0.407. The Morgan fingerprint density at radius 3 is 0.592 bits per heavy atom. The van der Waals surface area contributed by atoms with Crippen LogP contribution in [0, 0.1) is 0 Å². The van der Waals surface area contributed by atoms with Crippen molar-refractivity contribution in [1.29, 1.82) is 0 Å². The van der Waals surface area contributed by atoms with Crippen molar-refractivity contribution in [3.63, 3.8) is 0 Å². The number of hydrogen-bond donors (Lipinski definition) is 0. The Balaban J connectivity index is 1.54. The maximum atomic E-state index is 14.9. The zero-order valence-electron chi connectivity index (χ0n) is 32.7. The Labute approximate surface area is 376 Å². The largest absolute Gasteiger partial charge is 0.534 e. The molecule has 4 rings (SSSR count). The van der Waals surface area contributed by atoms with Crippen LogP contribution in [-0.4, -0.2) is 63.4 Å². The summed E-state index contributed by atoms with van der Waals surface area (Å²) < 4.78 is 426. The molecule has 0 saturated carbocycles. The van der Waals surface area contributed by atoms with Gasteiger partial charge < -0.3 is 13.1 Å². The molecule has 4 aromatic carbocycles. The Hall–Kier alpha value is -5.64. The fourth-order valence-electron chi connectivity index (χ4n) is 5.30. The van der Waals surface area contributed by atoms with Crippen molar-refractivity contribution in [3.8, 4) is 23.0 Å². The molecule has 0 heterocycles. The fraction of sp³-hybridized carbons (Fsp3) is 0.333. The SMILES string of the molecule is O=S(=O)(Oc1ccc(C(F)(F)C(F)(F)C(F)(F)C(F)(F)C(F)(F)c2ccc(Oc3ccc(C(F)(F)C(F)(F)C(F)(F)C(F)(F)C(F)(F)c4ccc(OS(=O)(=O)C(F)(F)F)cc4)cc3)cc2)cc1)C(F)(F)F. The van der Waals surface area contributed by atoms with Gasteiger partial charge in [-0.3, -0.25) is 0 Å². The van der Waals surface area contributed by atoms with Crippen LogP contribution >= 0.6 is 0 Å². The van der Waals surface area contributed by atoms with Gasteiger partial charge in [-0.1, -0.05) is 0 Å². The van der Waals surface area contributed by atoms with E-state index in [1.165, 1.54) is 0 Å². The van der Waals surface area contributed by atoms with E-state index in [9.17, 15) is 131 Å². The summed E-state index contributed by atoms with van der Waals surface area (Å²) in [5.74, 6) is -77.5. The van der Waals surface area contributed by atoms with Crippen LogP contribution in [0.4, 0.5) is 114 Å². The van der Waals surface area contributed by atoms with E-state index in [2.05, 4.69) is 8.37 Å². The average molecular weight is 1120 g/mol. The molecule has 7 nitrogen and oxygen atoms in total. The summed E-state index contributed by atoms with van der Waals surface area (Å²) in [5.41, 5.74) is -22.1. The van der Waals surface area contributed by atoms with E-state index in [4.69, 9.17) is 4.74 Å². The Morgan fingerprint density at radius 1 is 0.254 bits per heavy atom. The van der Waals surface area contributed by atoms with E-state index in [-0.39, 0.29) is 72.8 Å². The second-order valence-electron chi connectivity index (χ2n) is 13.9. The van der Waals surface area contributed by atoms with Crippen LogP contribution in [0.25, 0.3) is 0 Å². The number of alkyl halides is 26. The molecule has 0 bridgehead atoms. The zero-order chi connectivity index (χ0) is 55.1. The number of halogens is 26. The molecule has 0 saturated heterocycles. The van der Waals surface area contributed by atoms with Gasteiger partial charge >= 0.3 is 90.5 Å². The van der Waals surface area contributed by atoms with E-state index >= 15 is 0 Å². The topological polar surface area (TPSA) is 96.0 Å². The number of rotatable bonds is 18. The molecular weight excluding hydrogens is 1100 g/mol. The van der Waals surface area contributed by atoms with Crippen LogP contribution in [-0.2, 0) is 43.9 Å². The Kier molecular flexibility index (Phi) is 14.3. The summed E-state index contributed by atoms with van der Waals surface area (Å²) >= 11 is 0. The predicted octanol–water partition coefficient (Wildman–Crippen LogP) is 13.5. The summed E-state index contributed by atoms with van der Waals surface area (Å²) in [6, 6.07) is -4.37. The molecule has 0 radical (unpaired) electrons. The minimum absolute atomic E-state index is 0.0529. The van der Waals surface area contributed by atoms with Gasteiger partial charge in [0.25, 0.3) is 0 Å². The van der Waals surface area contributed by atoms with Crippen molar-refractivity contribution in [1.82, 2.24) is 0 Å². The van der Waals surface area contributed by atoms with Crippen LogP contribution < -0.4 is 13.1 Å². The maximum Gasteiger partial charge on any atom is 0.534 e. The van der Waals surface area contributed by atoms with E-state index in [1.807, 2.05) is 0 Å². The highest BCUT2D eigenvalue weighted by molar-refractivity contribution is 7.88. The van der Waals surface area contributed by atoms with Crippen LogP contribution in [0.1, 0.15) is 22.3 Å². The van der Waals surface area contributed by atoms with Gasteiger partial charge in [-0.05, 0) is 97.1 Å². The summed E-state index contributed by atoms with van der Waals surface area (Å²) in [7, 11) is -13.1. The third-order valence-electron chi connectivity index (χ3n) is 9.24. The maximum absolute atomic E-state index is 14.9. The standard InChI is InChI=1S/C36H16F26O7S2/c37-25(38,29(45,46)33(53,54)31(49,50)27(41,42)19-5-13-23(14-6-19)68-70(63,64)35(57,58)59)17-1-9-21(10-2-17)67-22-11-3-18(4-12-22)26(39,40)30(47,48)34(55,56)32(51,52)28(43,44)20-7-15-24(16-8-20)69-71(65,66)36(60,61)62/h1-16H. The van der Waals surface area contributed by atoms with Crippen LogP contribution in [0.5, 0.6) is 23.0 Å². The van der Waals surface area contributed by atoms with Gasteiger partial charge in [-0.15, -0.1) is 0 Å². The van der Waals surface area contributed by atoms with E-state index in [0.717, 1.165) is 0 Å². The lowest BCUT2D eigenvalue weighted by Crippen LogP contribution is -2.65. The van der Waals surface area contributed by atoms with E-state index < -0.39 is 160 Å². The number of hydrogen-bond acceptors (Lipinski definition) is 7. The summed E-state index contributed by atoms with van der Waals surface area (Å²) in [5, 5.41) is 0. The molecule has 0 aliphatic heterocycles. The van der Waals surface area contributed by atoms with Crippen molar-refractivity contribution in [3.05, 3.63) is 119 Å². The Bertz CT molecular complexity index is 2580. The fourth-order valence-corrected chi connectivity index (χ4v) is 6.21. The van der Waals surface area contributed by atoms with Crippen molar-refractivity contribution in [2.75, 3.05) is 0 Å². The first-order chi connectivity index (χ1) is 31.5. The first kappa shape index (κ1) is 57.9. The van der Waals surface area contributed by atoms with Crippen LogP contribution in [0.15, 0.2) is 97.1 Å². The lowest BCUT2D eigenvalue weighted by Gasteiger charge is -2.39. The van der Waals surface area contributed by atoms with Crippen molar-refractivity contribution in [2.24, 2.45) is 0 Å². The van der Waals surface area contributed by atoms with Gasteiger partial charge in [0.05, 0.1) is 0 Å². The third-order valence-corrected chi connectivity index (χ3v) is 11.2. The predicted molar refractivity (Wildman–Crippen MR) is 182 cm³/mol. The van der Waals surface area contributed by atoms with Gasteiger partial charge in [0.2, 0.25) is 0 Å². The molecule has 396 valence electrons. The molecule has 0 aromatic heterocycles.